The number of fused-ring (bicyclic) bond motifs is 3. The summed E-state index contributed by atoms with van der Waals surface area (Å²) in [4.78, 5) is 44.2. The second kappa shape index (κ2) is 5.95. The van der Waals surface area contributed by atoms with E-state index in [1.54, 1.807) is 11.0 Å². The van der Waals surface area contributed by atoms with Gasteiger partial charge in [0.25, 0.3) is 0 Å². The Labute approximate surface area is 193 Å². The Balaban J connectivity index is 1.63. The number of rotatable bonds is 1. The van der Waals surface area contributed by atoms with Crippen molar-refractivity contribution in [3.63, 3.8) is 0 Å². The van der Waals surface area contributed by atoms with E-state index in [2.05, 4.69) is 4.90 Å². The molecule has 2 saturated heterocycles. The minimum absolute atomic E-state index is 0.102. The largest absolute Gasteiger partial charge is 0.507 e. The zero-order valence-electron chi connectivity index (χ0n) is 19.7. The number of Topliss-reactive ketones (excluding diaryl/α,β-unsaturated/α-hetero) is 1. The molecule has 1 aromatic carbocycles. The van der Waals surface area contributed by atoms with Gasteiger partial charge in [0.1, 0.15) is 5.75 Å². The molecule has 0 bridgehead atoms. The summed E-state index contributed by atoms with van der Waals surface area (Å²) < 4.78 is 0. The Morgan fingerprint density at radius 2 is 1.91 bits per heavy atom. The van der Waals surface area contributed by atoms with Crippen LogP contribution in [-0.2, 0) is 10.2 Å². The Hall–Kier alpha value is -2.48. The van der Waals surface area contributed by atoms with Crippen LogP contribution in [0.5, 0.6) is 5.75 Å². The molecule has 4 aliphatic heterocycles. The van der Waals surface area contributed by atoms with Gasteiger partial charge < -0.3 is 10.0 Å². The minimum Gasteiger partial charge on any atom is -0.507 e. The zero-order chi connectivity index (χ0) is 23.7. The maximum Gasteiger partial charge on any atom is 0.239 e. The molecule has 4 atom stereocenters. The molecule has 4 heterocycles. The standard InChI is InChI=1S/C25H31N3O5/c1-22(2)11-17(30)19-16(29)8-7-15-20(19)27(22)21(31)25(15)12-24(28(32)33)13-26-9-5-6-14(26)10-18(24)23(25,3)4/h7-8,14,18,29H,5-6,9-13H2,1-4H3/t14-,18+,24+,25-/m0/s1. The molecule has 6 rings (SSSR count). The first kappa shape index (κ1) is 21.1. The number of aromatic hydroxyl groups is 1. The van der Waals surface area contributed by atoms with Crippen LogP contribution in [0.4, 0.5) is 5.69 Å². The molecular weight excluding hydrogens is 422 g/mol. The predicted molar refractivity (Wildman–Crippen MR) is 121 cm³/mol. The van der Waals surface area contributed by atoms with E-state index in [1.807, 2.05) is 27.7 Å². The molecule has 1 amide bonds. The van der Waals surface area contributed by atoms with Crippen LogP contribution in [0, 0.1) is 21.4 Å². The van der Waals surface area contributed by atoms with Crippen molar-refractivity contribution in [1.29, 1.82) is 0 Å². The van der Waals surface area contributed by atoms with Gasteiger partial charge >= 0.3 is 0 Å². The molecule has 3 fully saturated rings. The highest BCUT2D eigenvalue weighted by atomic mass is 16.6. The van der Waals surface area contributed by atoms with Crippen molar-refractivity contribution in [2.24, 2.45) is 11.3 Å². The third-order valence-electron chi connectivity index (χ3n) is 9.92. The van der Waals surface area contributed by atoms with Gasteiger partial charge in [-0.2, -0.15) is 0 Å². The number of benzene rings is 1. The van der Waals surface area contributed by atoms with Gasteiger partial charge in [-0.3, -0.25) is 24.6 Å². The summed E-state index contributed by atoms with van der Waals surface area (Å²) in [6.07, 6.45) is 3.06. The number of carbonyl (C=O) groups is 2. The summed E-state index contributed by atoms with van der Waals surface area (Å²) in [5.41, 5.74) is -2.42. The molecule has 1 aliphatic carbocycles. The van der Waals surface area contributed by atoms with E-state index in [-0.39, 0.29) is 46.7 Å². The van der Waals surface area contributed by atoms with Crippen molar-refractivity contribution < 1.29 is 19.6 Å². The maximum absolute atomic E-state index is 14.5. The average molecular weight is 454 g/mol. The van der Waals surface area contributed by atoms with Crippen LogP contribution < -0.4 is 4.90 Å². The first-order valence-corrected chi connectivity index (χ1v) is 12.0. The first-order valence-electron chi connectivity index (χ1n) is 12.0. The summed E-state index contributed by atoms with van der Waals surface area (Å²) >= 11 is 0. The lowest BCUT2D eigenvalue weighted by Crippen LogP contribution is -2.59. The third-order valence-corrected chi connectivity index (χ3v) is 9.92. The van der Waals surface area contributed by atoms with Gasteiger partial charge in [-0.05, 0) is 56.7 Å². The maximum atomic E-state index is 14.5. The number of ketones is 1. The molecule has 1 saturated carbocycles. The molecule has 8 heteroatoms. The van der Waals surface area contributed by atoms with Crippen LogP contribution >= 0.6 is 0 Å². The number of piperidine rings is 1. The molecule has 1 spiro atoms. The summed E-state index contributed by atoms with van der Waals surface area (Å²) in [6, 6.07) is 3.57. The zero-order valence-corrected chi connectivity index (χ0v) is 19.7. The van der Waals surface area contributed by atoms with Gasteiger partial charge in [0.15, 0.2) is 5.78 Å². The SMILES string of the molecule is CC1(C)CC(=O)c2c(O)ccc3c2N1C(=O)[C@]31C[C@@]2([N+](=O)[O-])CN3CCC[C@H]3C[C@@H]2C1(C)C. The lowest BCUT2D eigenvalue weighted by molar-refractivity contribution is -0.584. The predicted octanol–water partition coefficient (Wildman–Crippen LogP) is 3.27. The van der Waals surface area contributed by atoms with E-state index in [4.69, 9.17) is 0 Å². The fourth-order valence-electron chi connectivity index (χ4n) is 8.47. The van der Waals surface area contributed by atoms with Crippen LogP contribution in [0.25, 0.3) is 0 Å². The van der Waals surface area contributed by atoms with Crippen LogP contribution in [0.3, 0.4) is 0 Å². The van der Waals surface area contributed by atoms with E-state index in [0.717, 1.165) is 19.4 Å². The van der Waals surface area contributed by atoms with Gasteiger partial charge in [-0.1, -0.05) is 19.9 Å². The normalized spacial score (nSPS) is 37.9. The van der Waals surface area contributed by atoms with E-state index < -0.39 is 21.9 Å². The molecular formula is C25H31N3O5. The Kier molecular flexibility index (Phi) is 3.80. The van der Waals surface area contributed by atoms with Crippen LogP contribution in [0.15, 0.2) is 12.1 Å². The van der Waals surface area contributed by atoms with Crippen molar-refractivity contribution in [3.05, 3.63) is 33.4 Å². The van der Waals surface area contributed by atoms with Crippen LogP contribution in [0.1, 0.15) is 75.7 Å². The quantitative estimate of drug-likeness (QED) is 0.517. The van der Waals surface area contributed by atoms with Crippen molar-refractivity contribution >= 4 is 17.4 Å². The van der Waals surface area contributed by atoms with Gasteiger partial charge in [-0.25, -0.2) is 0 Å². The van der Waals surface area contributed by atoms with Gasteiger partial charge in [0.2, 0.25) is 11.4 Å². The first-order chi connectivity index (χ1) is 15.4. The summed E-state index contributed by atoms with van der Waals surface area (Å²) in [6.45, 7) is 9.03. The summed E-state index contributed by atoms with van der Waals surface area (Å²) in [5, 5.41) is 23.4. The van der Waals surface area contributed by atoms with Crippen molar-refractivity contribution in [2.75, 3.05) is 18.0 Å². The molecule has 0 aromatic heterocycles. The fourth-order valence-corrected chi connectivity index (χ4v) is 8.47. The van der Waals surface area contributed by atoms with Crippen LogP contribution in [-0.4, -0.2) is 56.8 Å². The highest BCUT2D eigenvalue weighted by Gasteiger charge is 2.79. The topological polar surface area (TPSA) is 104 Å². The number of carbonyl (C=O) groups excluding carboxylic acids is 2. The number of nitrogens with zero attached hydrogens (tertiary/aromatic N) is 3. The molecule has 8 nitrogen and oxygen atoms in total. The molecule has 0 unspecified atom stereocenters. The molecule has 33 heavy (non-hydrogen) atoms. The minimum atomic E-state index is -1.21. The number of phenolic OH excluding ortho intramolecular Hbond substituents is 1. The second-order valence-corrected chi connectivity index (χ2v) is 12.1. The smallest absolute Gasteiger partial charge is 0.239 e. The molecule has 176 valence electrons. The number of amides is 1. The van der Waals surface area contributed by atoms with Gasteiger partial charge in [-0.15, -0.1) is 0 Å². The average Bonchev–Trinajstić information content (AvgIpc) is 3.32. The van der Waals surface area contributed by atoms with Gasteiger partial charge in [0, 0.05) is 35.3 Å². The second-order valence-electron chi connectivity index (χ2n) is 12.1. The number of hydrogen-bond donors (Lipinski definition) is 1. The van der Waals surface area contributed by atoms with Gasteiger partial charge in [0.05, 0.1) is 23.2 Å². The van der Waals surface area contributed by atoms with E-state index in [9.17, 15) is 24.8 Å². The number of phenols is 1. The van der Waals surface area contributed by atoms with E-state index >= 15 is 0 Å². The fraction of sp³-hybridized carbons (Fsp3) is 0.680. The highest BCUT2D eigenvalue weighted by Crippen LogP contribution is 2.70. The Bertz CT molecular complexity index is 1140. The monoisotopic (exact) mass is 453 g/mol. The Morgan fingerprint density at radius 3 is 2.61 bits per heavy atom. The van der Waals surface area contributed by atoms with Crippen molar-refractivity contribution in [1.82, 2.24) is 4.90 Å². The number of nitro groups is 1. The van der Waals surface area contributed by atoms with Crippen LogP contribution in [0.2, 0.25) is 0 Å². The molecule has 1 N–H and O–H groups in total. The number of anilines is 1. The molecule has 5 aliphatic rings. The Morgan fingerprint density at radius 1 is 1.18 bits per heavy atom. The van der Waals surface area contributed by atoms with Crippen molar-refractivity contribution in [3.8, 4) is 5.75 Å². The number of hydrogen-bond acceptors (Lipinski definition) is 6. The molecule has 0 radical (unpaired) electrons. The van der Waals surface area contributed by atoms with Crippen molar-refractivity contribution in [2.45, 2.75) is 82.3 Å². The lowest BCUT2D eigenvalue weighted by Gasteiger charge is -2.46. The molecule has 1 aromatic rings. The lowest BCUT2D eigenvalue weighted by atomic mass is 9.60. The van der Waals surface area contributed by atoms with E-state index in [0.29, 0.717) is 30.3 Å². The summed E-state index contributed by atoms with van der Waals surface area (Å²) in [5.74, 6) is -0.717. The van der Waals surface area contributed by atoms with E-state index in [1.165, 1.54) is 6.07 Å². The highest BCUT2D eigenvalue weighted by molar-refractivity contribution is 6.19. The summed E-state index contributed by atoms with van der Waals surface area (Å²) in [7, 11) is 0. The third kappa shape index (κ3) is 2.17.